The van der Waals surface area contributed by atoms with Crippen molar-refractivity contribution >= 4 is 34.7 Å². The molecule has 1 aliphatic carbocycles. The van der Waals surface area contributed by atoms with Crippen LogP contribution in [0.4, 0.5) is 10.1 Å². The Hall–Kier alpha value is -2.19. The van der Waals surface area contributed by atoms with Gasteiger partial charge in [0.15, 0.2) is 0 Å². The summed E-state index contributed by atoms with van der Waals surface area (Å²) >= 11 is 2.86. The van der Waals surface area contributed by atoms with Crippen LogP contribution in [-0.4, -0.2) is 21.4 Å². The number of rotatable bonds is 5. The molecule has 1 aliphatic rings. The van der Waals surface area contributed by atoms with Gasteiger partial charge in [-0.3, -0.25) is 4.79 Å². The predicted octanol–water partition coefficient (Wildman–Crippen LogP) is 5.18. The number of aromatic nitrogens is 2. The number of carbonyl (C=O) groups is 1. The number of nitrogens with one attached hydrogen (secondary N) is 1. The number of anilines is 1. The maximum absolute atomic E-state index is 13.7. The summed E-state index contributed by atoms with van der Waals surface area (Å²) in [5.41, 5.74) is 1.54. The molecule has 28 heavy (non-hydrogen) atoms. The largest absolute Gasteiger partial charge is 0.410 e. The number of thiophene rings is 1. The summed E-state index contributed by atoms with van der Waals surface area (Å²) in [6.07, 6.45) is 3.41. The highest BCUT2D eigenvalue weighted by Gasteiger charge is 2.23. The molecule has 0 saturated carbocycles. The van der Waals surface area contributed by atoms with Crippen molar-refractivity contribution in [3.63, 3.8) is 0 Å². The highest BCUT2D eigenvalue weighted by atomic mass is 32.2. The smallest absolute Gasteiger partial charge is 0.277 e. The third-order valence-electron chi connectivity index (χ3n) is 4.73. The molecule has 0 radical (unpaired) electrons. The molecule has 2 aromatic heterocycles. The monoisotopic (exact) mass is 417 g/mol. The molecule has 0 fully saturated rings. The molecule has 1 aromatic carbocycles. The Morgan fingerprint density at radius 3 is 3.04 bits per heavy atom. The lowest BCUT2D eigenvalue weighted by Gasteiger charge is -2.16. The second kappa shape index (κ2) is 8.05. The Morgan fingerprint density at radius 2 is 2.21 bits per heavy atom. The van der Waals surface area contributed by atoms with Gasteiger partial charge in [-0.1, -0.05) is 30.8 Å². The van der Waals surface area contributed by atoms with Gasteiger partial charge in [-0.05, 0) is 55.9 Å². The van der Waals surface area contributed by atoms with E-state index in [9.17, 15) is 9.18 Å². The van der Waals surface area contributed by atoms with Crippen molar-refractivity contribution in [3.8, 4) is 10.8 Å². The zero-order valence-electron chi connectivity index (χ0n) is 15.6. The van der Waals surface area contributed by atoms with Crippen LogP contribution < -0.4 is 5.32 Å². The van der Waals surface area contributed by atoms with Gasteiger partial charge < -0.3 is 9.73 Å². The summed E-state index contributed by atoms with van der Waals surface area (Å²) in [7, 11) is 0. The van der Waals surface area contributed by atoms with Gasteiger partial charge >= 0.3 is 0 Å². The van der Waals surface area contributed by atoms with E-state index in [1.807, 2.05) is 0 Å². The van der Waals surface area contributed by atoms with Crippen LogP contribution in [0.15, 0.2) is 40.0 Å². The number of carbonyl (C=O) groups excluding carboxylic acids is 1. The first kappa shape index (κ1) is 19.1. The molecule has 1 N–H and O–H groups in total. The van der Waals surface area contributed by atoms with Crippen molar-refractivity contribution in [2.24, 2.45) is 5.92 Å². The first-order valence-corrected chi connectivity index (χ1v) is 10.9. The average molecular weight is 418 g/mol. The number of benzene rings is 1. The number of para-hydroxylation sites is 1. The highest BCUT2D eigenvalue weighted by Crippen LogP contribution is 2.37. The first-order chi connectivity index (χ1) is 13.5. The molecule has 0 aliphatic heterocycles. The molecule has 8 heteroatoms. The normalized spacial score (nSPS) is 17.2. The zero-order valence-corrected chi connectivity index (χ0v) is 17.2. The van der Waals surface area contributed by atoms with Crippen LogP contribution in [0.5, 0.6) is 0 Å². The Labute approximate surface area is 170 Å². The van der Waals surface area contributed by atoms with Gasteiger partial charge in [0, 0.05) is 4.88 Å². The number of halogens is 1. The number of hydrogen-bond acceptors (Lipinski definition) is 6. The number of aryl methyl sites for hydroxylation is 1. The van der Waals surface area contributed by atoms with Crippen LogP contribution in [0, 0.1) is 11.7 Å². The zero-order chi connectivity index (χ0) is 19.7. The Morgan fingerprint density at radius 1 is 1.39 bits per heavy atom. The molecule has 3 aromatic rings. The van der Waals surface area contributed by atoms with E-state index in [0.717, 1.165) is 29.5 Å². The number of fused-ring (bicyclic) bond motifs is 1. The van der Waals surface area contributed by atoms with Crippen LogP contribution in [0.3, 0.4) is 0 Å². The van der Waals surface area contributed by atoms with Crippen molar-refractivity contribution in [3.05, 3.63) is 46.6 Å². The first-order valence-electron chi connectivity index (χ1n) is 9.17. The fourth-order valence-electron chi connectivity index (χ4n) is 3.17. The number of hydrogen-bond donors (Lipinski definition) is 1. The molecule has 146 valence electrons. The molecule has 4 rings (SSSR count). The summed E-state index contributed by atoms with van der Waals surface area (Å²) in [6, 6.07) is 8.22. The third kappa shape index (κ3) is 4.12. The summed E-state index contributed by atoms with van der Waals surface area (Å²) in [5.74, 6) is 0.397. The molecule has 0 unspecified atom stereocenters. The fourth-order valence-corrected chi connectivity index (χ4v) is 4.98. The summed E-state index contributed by atoms with van der Waals surface area (Å²) in [6.45, 7) is 3.99. The maximum Gasteiger partial charge on any atom is 0.277 e. The molecule has 2 heterocycles. The lowest BCUT2D eigenvalue weighted by Crippen LogP contribution is -2.22. The average Bonchev–Trinajstić information content (AvgIpc) is 3.29. The molecule has 0 spiro atoms. The van der Waals surface area contributed by atoms with E-state index in [1.54, 1.807) is 30.4 Å². The van der Waals surface area contributed by atoms with E-state index >= 15 is 0 Å². The lowest BCUT2D eigenvalue weighted by molar-refractivity contribution is -0.115. The summed E-state index contributed by atoms with van der Waals surface area (Å²) in [4.78, 5) is 14.7. The molecule has 0 saturated heterocycles. The minimum atomic E-state index is -0.509. The summed E-state index contributed by atoms with van der Waals surface area (Å²) in [5, 5.41) is 10.6. The SMILES string of the molecule is C[C@@H]1CCc2sc(-c3nnc(S[C@H](C)C(=O)Nc4ccccc4F)o3)cc2C1. The molecule has 1 amide bonds. The van der Waals surface area contributed by atoms with Crippen molar-refractivity contribution in [1.29, 1.82) is 0 Å². The van der Waals surface area contributed by atoms with Crippen molar-refractivity contribution in [2.45, 2.75) is 43.6 Å². The van der Waals surface area contributed by atoms with Gasteiger partial charge in [0.25, 0.3) is 11.1 Å². The fraction of sp³-hybridized carbons (Fsp3) is 0.350. The van der Waals surface area contributed by atoms with E-state index in [0.29, 0.717) is 17.0 Å². The van der Waals surface area contributed by atoms with E-state index in [2.05, 4.69) is 28.5 Å². The van der Waals surface area contributed by atoms with Crippen LogP contribution in [-0.2, 0) is 17.6 Å². The van der Waals surface area contributed by atoms with Crippen molar-refractivity contribution in [1.82, 2.24) is 10.2 Å². The number of nitrogens with zero attached hydrogens (tertiary/aromatic N) is 2. The Balaban J connectivity index is 1.42. The van der Waals surface area contributed by atoms with Crippen molar-refractivity contribution in [2.75, 3.05) is 5.32 Å². The number of amides is 1. The second-order valence-corrected chi connectivity index (χ2v) is 9.44. The van der Waals surface area contributed by atoms with E-state index < -0.39 is 11.1 Å². The minimum Gasteiger partial charge on any atom is -0.410 e. The maximum atomic E-state index is 13.7. The second-order valence-electron chi connectivity index (χ2n) is 7.01. The van der Waals surface area contributed by atoms with Crippen LogP contribution in [0.25, 0.3) is 10.8 Å². The molecule has 2 atom stereocenters. The van der Waals surface area contributed by atoms with Gasteiger partial charge in [-0.15, -0.1) is 21.5 Å². The molecular formula is C20H20FN3O2S2. The van der Waals surface area contributed by atoms with Gasteiger partial charge in [0.2, 0.25) is 5.91 Å². The van der Waals surface area contributed by atoms with E-state index in [1.165, 1.54) is 29.0 Å². The van der Waals surface area contributed by atoms with Crippen LogP contribution >= 0.6 is 23.1 Å². The van der Waals surface area contributed by atoms with Gasteiger partial charge in [-0.25, -0.2) is 4.39 Å². The van der Waals surface area contributed by atoms with Crippen LogP contribution in [0.2, 0.25) is 0 Å². The van der Waals surface area contributed by atoms with Crippen molar-refractivity contribution < 1.29 is 13.6 Å². The highest BCUT2D eigenvalue weighted by molar-refractivity contribution is 8.00. The van der Waals surface area contributed by atoms with E-state index in [4.69, 9.17) is 4.42 Å². The Bertz CT molecular complexity index is 1000. The molecule has 5 nitrogen and oxygen atoms in total. The number of thioether (sulfide) groups is 1. The third-order valence-corrected chi connectivity index (χ3v) is 6.88. The quantitative estimate of drug-likeness (QED) is 0.579. The standard InChI is InChI=1S/C20H20FN3O2S2/c1-11-7-8-16-13(9-11)10-17(28-16)19-23-24-20(26-19)27-12(2)18(25)22-15-6-4-3-5-14(15)21/h3-6,10-12H,7-9H2,1-2H3,(H,22,25)/t11-,12-/m1/s1. The van der Waals surface area contributed by atoms with Crippen LogP contribution in [0.1, 0.15) is 30.7 Å². The predicted molar refractivity (Wildman–Crippen MR) is 109 cm³/mol. The van der Waals surface area contributed by atoms with E-state index in [-0.39, 0.29) is 11.6 Å². The topological polar surface area (TPSA) is 68.0 Å². The Kier molecular flexibility index (Phi) is 5.50. The van der Waals surface area contributed by atoms with Gasteiger partial charge in [0.1, 0.15) is 5.82 Å². The lowest BCUT2D eigenvalue weighted by atomic mass is 9.90. The molecular weight excluding hydrogens is 397 g/mol. The van der Waals surface area contributed by atoms with Gasteiger partial charge in [0.05, 0.1) is 15.8 Å². The molecule has 0 bridgehead atoms. The summed E-state index contributed by atoms with van der Waals surface area (Å²) < 4.78 is 19.5. The minimum absolute atomic E-state index is 0.157. The van der Waals surface area contributed by atoms with Gasteiger partial charge in [-0.2, -0.15) is 0 Å².